The zero-order valence-corrected chi connectivity index (χ0v) is 14.8. The number of nitriles is 1. The molecule has 1 aromatic carbocycles. The van der Waals surface area contributed by atoms with Crippen molar-refractivity contribution in [1.29, 1.82) is 5.26 Å². The van der Waals surface area contributed by atoms with Gasteiger partial charge >= 0.3 is 0 Å². The molecule has 0 bridgehead atoms. The van der Waals surface area contributed by atoms with Crippen LogP contribution in [0.25, 0.3) is 0 Å². The van der Waals surface area contributed by atoms with Crippen LogP contribution in [0.4, 0.5) is 0 Å². The van der Waals surface area contributed by atoms with E-state index in [1.54, 1.807) is 12.1 Å². The molecule has 1 aromatic heterocycles. The van der Waals surface area contributed by atoms with Gasteiger partial charge in [0, 0.05) is 31.4 Å². The summed E-state index contributed by atoms with van der Waals surface area (Å²) in [5.74, 6) is 0.111. The lowest BCUT2D eigenvalue weighted by Gasteiger charge is -2.22. The summed E-state index contributed by atoms with van der Waals surface area (Å²) < 4.78 is 1.82. The molecule has 0 fully saturated rings. The molecule has 0 aliphatic carbocycles. The Labute approximate surface area is 143 Å². The first-order chi connectivity index (χ1) is 11.5. The van der Waals surface area contributed by atoms with Crippen molar-refractivity contribution in [1.82, 2.24) is 14.7 Å². The van der Waals surface area contributed by atoms with Crippen LogP contribution >= 0.6 is 0 Å². The summed E-state index contributed by atoms with van der Waals surface area (Å²) in [5.41, 5.74) is 4.64. The minimum atomic E-state index is 0.111. The van der Waals surface area contributed by atoms with Crippen molar-refractivity contribution in [2.24, 2.45) is 7.05 Å². The molecule has 0 N–H and O–H groups in total. The molecule has 24 heavy (non-hydrogen) atoms. The molecule has 0 radical (unpaired) electrons. The first-order valence-electron chi connectivity index (χ1n) is 8.22. The van der Waals surface area contributed by atoms with Crippen LogP contribution in [0.15, 0.2) is 24.3 Å². The number of rotatable bonds is 6. The second-order valence-corrected chi connectivity index (χ2v) is 6.07. The number of benzene rings is 1. The topological polar surface area (TPSA) is 61.9 Å². The van der Waals surface area contributed by atoms with Gasteiger partial charge in [-0.15, -0.1) is 0 Å². The van der Waals surface area contributed by atoms with Gasteiger partial charge in [-0.1, -0.05) is 19.1 Å². The second kappa shape index (κ2) is 7.78. The fourth-order valence-corrected chi connectivity index (χ4v) is 2.80. The third kappa shape index (κ3) is 4.02. The molecule has 2 aromatic rings. The standard InChI is InChI=1S/C19H24N4O/c1-5-10-23(13-17-8-6-16(12-20)7-9-17)19(24)11-18-14(2)21-22(4)15(18)3/h6-9H,5,10-11,13H2,1-4H3. The quantitative estimate of drug-likeness (QED) is 0.821. The first kappa shape index (κ1) is 17.7. The summed E-state index contributed by atoms with van der Waals surface area (Å²) >= 11 is 0. The van der Waals surface area contributed by atoms with Gasteiger partial charge in [-0.05, 0) is 38.0 Å². The zero-order valence-electron chi connectivity index (χ0n) is 14.8. The summed E-state index contributed by atoms with van der Waals surface area (Å²) in [6.45, 7) is 7.29. The fraction of sp³-hybridized carbons (Fsp3) is 0.421. The lowest BCUT2D eigenvalue weighted by molar-refractivity contribution is -0.131. The van der Waals surface area contributed by atoms with Crippen LogP contribution in [-0.2, 0) is 24.8 Å². The lowest BCUT2D eigenvalue weighted by atomic mass is 10.1. The van der Waals surface area contributed by atoms with Crippen LogP contribution in [0.2, 0.25) is 0 Å². The van der Waals surface area contributed by atoms with Gasteiger partial charge in [0.05, 0.1) is 23.7 Å². The van der Waals surface area contributed by atoms with Crippen LogP contribution in [-0.4, -0.2) is 27.1 Å². The van der Waals surface area contributed by atoms with Crippen molar-refractivity contribution >= 4 is 5.91 Å². The van der Waals surface area contributed by atoms with E-state index in [2.05, 4.69) is 18.1 Å². The summed E-state index contributed by atoms with van der Waals surface area (Å²) in [4.78, 5) is 14.7. The maximum absolute atomic E-state index is 12.8. The number of hydrogen-bond acceptors (Lipinski definition) is 3. The molecule has 0 aliphatic heterocycles. The van der Waals surface area contributed by atoms with Crippen molar-refractivity contribution < 1.29 is 4.79 Å². The molecule has 1 heterocycles. The number of hydrogen-bond donors (Lipinski definition) is 0. The number of carbonyl (C=O) groups excluding carboxylic acids is 1. The van der Waals surface area contributed by atoms with Crippen LogP contribution in [0.1, 0.15) is 41.4 Å². The molecule has 0 saturated heterocycles. The highest BCUT2D eigenvalue weighted by molar-refractivity contribution is 5.79. The minimum Gasteiger partial charge on any atom is -0.338 e. The molecular weight excluding hydrogens is 300 g/mol. The van der Waals surface area contributed by atoms with E-state index in [-0.39, 0.29) is 5.91 Å². The highest BCUT2D eigenvalue weighted by atomic mass is 16.2. The Hall–Kier alpha value is -2.61. The van der Waals surface area contributed by atoms with E-state index < -0.39 is 0 Å². The third-order valence-corrected chi connectivity index (χ3v) is 4.29. The van der Waals surface area contributed by atoms with E-state index in [1.165, 1.54) is 0 Å². The van der Waals surface area contributed by atoms with E-state index in [9.17, 15) is 4.79 Å². The van der Waals surface area contributed by atoms with Crippen molar-refractivity contribution in [3.63, 3.8) is 0 Å². The SMILES string of the molecule is CCCN(Cc1ccc(C#N)cc1)C(=O)Cc1c(C)nn(C)c1C. The molecular formula is C19H24N4O. The van der Waals surface area contributed by atoms with Gasteiger partial charge in [0.2, 0.25) is 5.91 Å². The van der Waals surface area contributed by atoms with Gasteiger partial charge < -0.3 is 4.90 Å². The summed E-state index contributed by atoms with van der Waals surface area (Å²) in [7, 11) is 1.90. The van der Waals surface area contributed by atoms with Crippen molar-refractivity contribution in [2.45, 2.75) is 40.2 Å². The number of nitrogens with zero attached hydrogens (tertiary/aromatic N) is 4. The normalized spacial score (nSPS) is 10.5. The third-order valence-electron chi connectivity index (χ3n) is 4.29. The average Bonchev–Trinajstić information content (AvgIpc) is 2.81. The van der Waals surface area contributed by atoms with Gasteiger partial charge in [0.25, 0.3) is 0 Å². The molecule has 5 nitrogen and oxygen atoms in total. The van der Waals surface area contributed by atoms with E-state index in [0.29, 0.717) is 18.5 Å². The number of carbonyl (C=O) groups is 1. The summed E-state index contributed by atoms with van der Waals surface area (Å²) in [6.07, 6.45) is 1.29. The second-order valence-electron chi connectivity index (χ2n) is 6.07. The Morgan fingerprint density at radius 3 is 2.46 bits per heavy atom. The first-order valence-corrected chi connectivity index (χ1v) is 8.22. The van der Waals surface area contributed by atoms with Crippen LogP contribution in [0.3, 0.4) is 0 Å². The molecule has 0 spiro atoms. The highest BCUT2D eigenvalue weighted by Gasteiger charge is 2.18. The van der Waals surface area contributed by atoms with Gasteiger partial charge in [-0.2, -0.15) is 10.4 Å². The van der Waals surface area contributed by atoms with E-state index in [0.717, 1.165) is 35.5 Å². The zero-order chi connectivity index (χ0) is 17.7. The number of amides is 1. The van der Waals surface area contributed by atoms with E-state index >= 15 is 0 Å². The van der Waals surface area contributed by atoms with Crippen LogP contribution in [0, 0.1) is 25.2 Å². The molecule has 1 amide bonds. The molecule has 0 saturated carbocycles. The molecule has 2 rings (SSSR count). The molecule has 0 aliphatic rings. The maximum Gasteiger partial charge on any atom is 0.227 e. The van der Waals surface area contributed by atoms with Gasteiger partial charge in [0.1, 0.15) is 0 Å². The van der Waals surface area contributed by atoms with Crippen LogP contribution in [0.5, 0.6) is 0 Å². The Morgan fingerprint density at radius 2 is 1.96 bits per heavy atom. The average molecular weight is 324 g/mol. The predicted molar refractivity (Wildman–Crippen MR) is 93.3 cm³/mol. The van der Waals surface area contributed by atoms with Gasteiger partial charge in [-0.25, -0.2) is 0 Å². The largest absolute Gasteiger partial charge is 0.338 e. The van der Waals surface area contributed by atoms with Crippen LogP contribution < -0.4 is 0 Å². The lowest BCUT2D eigenvalue weighted by Crippen LogP contribution is -2.32. The van der Waals surface area contributed by atoms with Crippen molar-refractivity contribution in [2.75, 3.05) is 6.54 Å². The summed E-state index contributed by atoms with van der Waals surface area (Å²) in [5, 5.41) is 13.3. The minimum absolute atomic E-state index is 0.111. The number of aromatic nitrogens is 2. The number of aryl methyl sites for hydroxylation is 2. The van der Waals surface area contributed by atoms with Gasteiger partial charge in [0.15, 0.2) is 0 Å². The predicted octanol–water partition coefficient (Wildman–Crippen LogP) is 2.89. The molecule has 0 atom stereocenters. The van der Waals surface area contributed by atoms with Crippen molar-refractivity contribution in [3.8, 4) is 6.07 Å². The summed E-state index contributed by atoms with van der Waals surface area (Å²) in [6, 6.07) is 9.52. The van der Waals surface area contributed by atoms with E-state index in [1.807, 2.05) is 42.6 Å². The maximum atomic E-state index is 12.8. The Kier molecular flexibility index (Phi) is 5.75. The Morgan fingerprint density at radius 1 is 1.29 bits per heavy atom. The Bertz CT molecular complexity index is 753. The molecule has 0 unspecified atom stereocenters. The highest BCUT2D eigenvalue weighted by Crippen LogP contribution is 2.15. The Balaban J connectivity index is 2.13. The van der Waals surface area contributed by atoms with Crippen molar-refractivity contribution in [3.05, 3.63) is 52.3 Å². The monoisotopic (exact) mass is 324 g/mol. The fourth-order valence-electron chi connectivity index (χ4n) is 2.80. The smallest absolute Gasteiger partial charge is 0.227 e. The molecule has 5 heteroatoms. The van der Waals surface area contributed by atoms with E-state index in [4.69, 9.17) is 5.26 Å². The molecule has 126 valence electrons. The van der Waals surface area contributed by atoms with Gasteiger partial charge in [-0.3, -0.25) is 9.48 Å².